The first-order valence-electron chi connectivity index (χ1n) is 5.65. The van der Waals surface area contributed by atoms with Crippen LogP contribution in [0.2, 0.25) is 0 Å². The molecule has 19 heavy (non-hydrogen) atoms. The van der Waals surface area contributed by atoms with Crippen LogP contribution in [-0.2, 0) is 9.47 Å². The van der Waals surface area contributed by atoms with Crippen molar-refractivity contribution in [3.8, 4) is 0 Å². The van der Waals surface area contributed by atoms with Crippen LogP contribution in [0, 0.1) is 0 Å². The number of quaternary nitrogens is 1. The van der Waals surface area contributed by atoms with E-state index in [-0.39, 0.29) is 78.8 Å². The van der Waals surface area contributed by atoms with Gasteiger partial charge in [-0.15, -0.1) is 0 Å². The van der Waals surface area contributed by atoms with E-state index in [0.29, 0.717) is 24.7 Å². The van der Waals surface area contributed by atoms with Gasteiger partial charge in [0.05, 0.1) is 6.54 Å². The van der Waals surface area contributed by atoms with E-state index in [1.165, 1.54) is 0 Å². The van der Waals surface area contributed by atoms with Crippen LogP contribution in [0.4, 0.5) is 0 Å². The molecule has 0 aliphatic carbocycles. The van der Waals surface area contributed by atoms with Crippen LogP contribution in [0.25, 0.3) is 0 Å². The number of aliphatic hydroxyl groups is 2. The maximum atomic E-state index is 9.82. The fraction of sp³-hybridized carbons (Fsp3) is 0.818. The maximum absolute atomic E-state index is 9.82. The van der Waals surface area contributed by atoms with Crippen molar-refractivity contribution in [1.29, 1.82) is 0 Å². The predicted octanol–water partition coefficient (Wildman–Crippen LogP) is -6.06. The Balaban J connectivity index is -0.000000375. The third-order valence-corrected chi connectivity index (χ3v) is 2.20. The Hall–Kier alpha value is 1.62. The second-order valence-electron chi connectivity index (χ2n) is 3.42. The molecule has 0 spiro atoms. The van der Waals surface area contributed by atoms with Gasteiger partial charge in [0.25, 0.3) is 0 Å². The molecule has 0 radical (unpaired) electrons. The molecule has 0 saturated carbocycles. The quantitative estimate of drug-likeness (QED) is 0.158. The van der Waals surface area contributed by atoms with Crippen molar-refractivity contribution in [3.05, 3.63) is 12.7 Å². The van der Waals surface area contributed by atoms with Crippen LogP contribution < -0.4 is 17.3 Å². The van der Waals surface area contributed by atoms with E-state index in [2.05, 4.69) is 6.58 Å². The first-order valence-corrected chi connectivity index (χ1v) is 5.65. The molecule has 2 atom stereocenters. The molecule has 2 unspecified atom stereocenters. The molecule has 5 nitrogen and oxygen atoms in total. The molecule has 120 valence electrons. The molecule has 0 fully saturated rings. The summed E-state index contributed by atoms with van der Waals surface area (Å²) in [6.45, 7) is 9.26. The summed E-state index contributed by atoms with van der Waals surface area (Å²) in [4.78, 5) is 0.594. The summed E-state index contributed by atoms with van der Waals surface area (Å²) in [5, 5.41) is 19.6. The van der Waals surface area contributed by atoms with E-state index in [4.69, 9.17) is 9.47 Å². The van der Waals surface area contributed by atoms with Crippen molar-refractivity contribution in [2.24, 2.45) is 0 Å². The fourth-order valence-corrected chi connectivity index (χ4v) is 1.33. The zero-order valence-corrected chi connectivity index (χ0v) is 20.1. The van der Waals surface area contributed by atoms with Crippen molar-refractivity contribution in [2.75, 3.05) is 33.0 Å². The molecule has 0 aromatic carbocycles. The van der Waals surface area contributed by atoms with Crippen molar-refractivity contribution in [1.82, 2.24) is 0 Å². The van der Waals surface area contributed by atoms with Gasteiger partial charge in [0, 0.05) is 13.2 Å². The first kappa shape index (κ1) is 28.7. The van der Waals surface area contributed by atoms with Crippen molar-refractivity contribution in [2.45, 2.75) is 26.3 Å². The molecule has 0 saturated heterocycles. The molecule has 8 heteroatoms. The van der Waals surface area contributed by atoms with E-state index in [1.807, 2.05) is 13.8 Å². The van der Waals surface area contributed by atoms with Crippen LogP contribution in [0.15, 0.2) is 12.7 Å². The third-order valence-electron chi connectivity index (χ3n) is 2.20. The molecule has 0 bridgehead atoms. The Kier molecular flexibility index (Phi) is 29.7. The van der Waals surface area contributed by atoms with Gasteiger partial charge in [0.15, 0.2) is 0 Å². The molecule has 0 amide bonds. The second kappa shape index (κ2) is 19.6. The van der Waals surface area contributed by atoms with Crippen LogP contribution in [0.3, 0.4) is 0 Å². The zero-order valence-electron chi connectivity index (χ0n) is 11.6. The second-order valence-corrected chi connectivity index (χ2v) is 3.42. The average molecular weight is 692 g/mol. The molecule has 0 aliphatic heterocycles. The van der Waals surface area contributed by atoms with Crippen LogP contribution in [0.1, 0.15) is 13.8 Å². The Morgan fingerprint density at radius 1 is 1.05 bits per heavy atom. The number of nitrogens with one attached hydrogen (secondary N) is 1. The number of ether oxygens (including phenoxy) is 2. The average Bonchev–Trinajstić information content (AvgIpc) is 2.29. The number of aliphatic hydroxyl groups excluding tert-OH is 2. The Bertz CT molecular complexity index is 178. The third kappa shape index (κ3) is 14.3. The van der Waals surface area contributed by atoms with E-state index < -0.39 is 12.5 Å². The van der Waals surface area contributed by atoms with Gasteiger partial charge in [-0.3, -0.25) is 4.90 Å². The van der Waals surface area contributed by atoms with Gasteiger partial charge in [0.1, 0.15) is 13.2 Å². The SMILES string of the molecule is C=CC[NH+](C(O)COCC)C(O)COCC.[Cl-].[PoH2].[PoH2]. The predicted molar refractivity (Wildman–Crippen MR) is 78.1 cm³/mol. The Morgan fingerprint density at radius 3 is 1.68 bits per heavy atom. The molecule has 0 aromatic rings. The summed E-state index contributed by atoms with van der Waals surface area (Å²) in [6.07, 6.45) is 0.112. The van der Waals surface area contributed by atoms with Gasteiger partial charge in [-0.05, 0) is 19.9 Å². The monoisotopic (exact) mass is 691 g/mol. The molecule has 0 rings (SSSR count). The van der Waals surface area contributed by atoms with Crippen LogP contribution in [-0.4, -0.2) is 109 Å². The number of rotatable bonds is 10. The van der Waals surface area contributed by atoms with Gasteiger partial charge in [-0.1, -0.05) is 6.58 Å². The fourth-order valence-electron chi connectivity index (χ4n) is 1.33. The van der Waals surface area contributed by atoms with Crippen molar-refractivity contribution >= 4 is 53.1 Å². The molecular formula is C11H28ClNO4Po2. The summed E-state index contributed by atoms with van der Waals surface area (Å²) in [5.41, 5.74) is 0. The minimum absolute atomic E-state index is 0. The number of hydrogen-bond donors (Lipinski definition) is 3. The van der Waals surface area contributed by atoms with Crippen LogP contribution >= 0.6 is 0 Å². The minimum atomic E-state index is -0.770. The molecule has 0 aliphatic rings. The molecule has 0 aromatic heterocycles. The zero-order chi connectivity index (χ0) is 12.4. The van der Waals surface area contributed by atoms with Gasteiger partial charge in [-0.25, -0.2) is 0 Å². The van der Waals surface area contributed by atoms with E-state index >= 15 is 0 Å². The number of halogens is 1. The molecule has 0 heterocycles. The Labute approximate surface area is 161 Å². The summed E-state index contributed by atoms with van der Waals surface area (Å²) < 4.78 is 10.2. The van der Waals surface area contributed by atoms with Gasteiger partial charge in [-0.2, -0.15) is 0 Å². The van der Waals surface area contributed by atoms with Gasteiger partial charge in [0.2, 0.25) is 12.5 Å². The van der Waals surface area contributed by atoms with Gasteiger partial charge < -0.3 is 32.1 Å². The summed E-state index contributed by atoms with van der Waals surface area (Å²) in [5.74, 6) is 0. The normalized spacial score (nSPS) is 14.1. The van der Waals surface area contributed by atoms with E-state index in [1.54, 1.807) is 6.08 Å². The summed E-state index contributed by atoms with van der Waals surface area (Å²) in [6, 6.07) is 0. The van der Waals surface area contributed by atoms with Crippen LogP contribution in [0.5, 0.6) is 0 Å². The summed E-state index contributed by atoms with van der Waals surface area (Å²) >= 11 is 0. The molecular weight excluding hydrogens is 664 g/mol. The topological polar surface area (TPSA) is 63.4 Å². The van der Waals surface area contributed by atoms with E-state index in [9.17, 15) is 10.2 Å². The molecule has 3 N–H and O–H groups in total. The summed E-state index contributed by atoms with van der Waals surface area (Å²) in [7, 11) is 0. The number of hydrogen-bond acceptors (Lipinski definition) is 4. The van der Waals surface area contributed by atoms with Crippen molar-refractivity contribution in [3.63, 3.8) is 0 Å². The standard InChI is InChI=1S/C11H23NO4.ClH.2Po.4H/c1-4-7-12(10(13)8-15-5-2)11(14)9-16-6-3;;;;;;;/h4,10-11,13-14H,1,5-9H2,2-3H3;1H;;;;;;. The first-order chi connectivity index (χ1) is 7.67. The van der Waals surface area contributed by atoms with Gasteiger partial charge >= 0.3 is 53.1 Å². The van der Waals surface area contributed by atoms with Crippen molar-refractivity contribution < 1.29 is 37.0 Å². The Morgan fingerprint density at radius 2 is 1.42 bits per heavy atom. The van der Waals surface area contributed by atoms with E-state index in [0.717, 1.165) is 0 Å².